The Balaban J connectivity index is 1.71. The molecular formula is C15H19N3O2S. The van der Waals surface area contributed by atoms with Gasteiger partial charge in [0, 0.05) is 24.7 Å². The van der Waals surface area contributed by atoms with Crippen LogP contribution < -0.4 is 5.32 Å². The zero-order chi connectivity index (χ0) is 14.7. The molecule has 1 amide bonds. The van der Waals surface area contributed by atoms with Crippen molar-refractivity contribution in [1.82, 2.24) is 9.55 Å². The summed E-state index contributed by atoms with van der Waals surface area (Å²) in [5, 5.41) is 5.39. The Hall–Kier alpha value is -1.66. The molecule has 1 aliphatic carbocycles. The second-order valence-corrected chi connectivity index (χ2v) is 6.13. The van der Waals surface area contributed by atoms with Gasteiger partial charge in [-0.3, -0.25) is 10.1 Å². The summed E-state index contributed by atoms with van der Waals surface area (Å²) < 4.78 is 7.14. The summed E-state index contributed by atoms with van der Waals surface area (Å²) in [6.45, 7) is 0.463. The van der Waals surface area contributed by atoms with Crippen molar-refractivity contribution in [2.75, 3.05) is 12.4 Å². The number of carbonyl (C=O) groups is 1. The smallest absolute Gasteiger partial charge is 0.274 e. The number of hydrogen-bond acceptors (Lipinski definition) is 4. The van der Waals surface area contributed by atoms with Gasteiger partial charge in [-0.25, -0.2) is 4.98 Å². The molecule has 1 fully saturated rings. The van der Waals surface area contributed by atoms with Crippen molar-refractivity contribution in [3.63, 3.8) is 0 Å². The number of hydrogen-bond donors (Lipinski definition) is 1. The molecule has 0 radical (unpaired) electrons. The summed E-state index contributed by atoms with van der Waals surface area (Å²) in [4.78, 5) is 16.8. The number of carbonyl (C=O) groups excluding carboxylic acids is 1. The van der Waals surface area contributed by atoms with Crippen LogP contribution in [0.1, 0.15) is 47.9 Å². The second-order valence-electron chi connectivity index (χ2n) is 5.27. The van der Waals surface area contributed by atoms with Gasteiger partial charge in [-0.1, -0.05) is 12.8 Å². The van der Waals surface area contributed by atoms with Crippen LogP contribution in [-0.2, 0) is 11.3 Å². The number of anilines is 1. The SMILES string of the molecule is COCc1csc(NC(=O)c2cccn2C2CCCC2)n1. The molecule has 21 heavy (non-hydrogen) atoms. The van der Waals surface area contributed by atoms with Crippen LogP contribution in [0.4, 0.5) is 5.13 Å². The Morgan fingerprint density at radius 3 is 3.10 bits per heavy atom. The van der Waals surface area contributed by atoms with Crippen molar-refractivity contribution in [2.45, 2.75) is 38.3 Å². The lowest BCUT2D eigenvalue weighted by Gasteiger charge is -2.15. The largest absolute Gasteiger partial charge is 0.378 e. The lowest BCUT2D eigenvalue weighted by atomic mass is 10.2. The van der Waals surface area contributed by atoms with E-state index in [0.717, 1.165) is 18.5 Å². The highest BCUT2D eigenvalue weighted by molar-refractivity contribution is 7.13. The minimum absolute atomic E-state index is 0.0924. The highest BCUT2D eigenvalue weighted by atomic mass is 32.1. The third-order valence-electron chi connectivity index (χ3n) is 3.79. The van der Waals surface area contributed by atoms with Crippen LogP contribution >= 0.6 is 11.3 Å². The zero-order valence-corrected chi connectivity index (χ0v) is 12.9. The van der Waals surface area contributed by atoms with Crippen molar-refractivity contribution >= 4 is 22.4 Å². The highest BCUT2D eigenvalue weighted by Crippen LogP contribution is 2.31. The van der Waals surface area contributed by atoms with E-state index in [4.69, 9.17) is 4.74 Å². The first kappa shape index (κ1) is 14.3. The predicted molar refractivity (Wildman–Crippen MR) is 82.7 cm³/mol. The number of thiazole rings is 1. The second kappa shape index (κ2) is 6.41. The maximum absolute atomic E-state index is 12.4. The van der Waals surface area contributed by atoms with E-state index >= 15 is 0 Å². The number of aromatic nitrogens is 2. The average molecular weight is 305 g/mol. The van der Waals surface area contributed by atoms with Gasteiger partial charge in [0.1, 0.15) is 5.69 Å². The molecular weight excluding hydrogens is 286 g/mol. The Kier molecular flexibility index (Phi) is 4.36. The van der Waals surface area contributed by atoms with Gasteiger partial charge >= 0.3 is 0 Å². The van der Waals surface area contributed by atoms with Gasteiger partial charge in [0.2, 0.25) is 0 Å². The van der Waals surface area contributed by atoms with Crippen LogP contribution in [0, 0.1) is 0 Å². The highest BCUT2D eigenvalue weighted by Gasteiger charge is 2.21. The molecule has 2 heterocycles. The monoisotopic (exact) mass is 305 g/mol. The summed E-state index contributed by atoms with van der Waals surface area (Å²) in [5.41, 5.74) is 1.55. The van der Waals surface area contributed by atoms with E-state index in [2.05, 4.69) is 14.9 Å². The molecule has 0 unspecified atom stereocenters. The molecule has 5 nitrogen and oxygen atoms in total. The molecule has 1 saturated carbocycles. The van der Waals surface area contributed by atoms with E-state index in [1.54, 1.807) is 7.11 Å². The maximum atomic E-state index is 12.4. The number of nitrogens with zero attached hydrogens (tertiary/aromatic N) is 2. The number of methoxy groups -OCH3 is 1. The number of ether oxygens (including phenoxy) is 1. The lowest BCUT2D eigenvalue weighted by molar-refractivity contribution is 0.101. The molecule has 0 aliphatic heterocycles. The minimum Gasteiger partial charge on any atom is -0.378 e. The van der Waals surface area contributed by atoms with E-state index < -0.39 is 0 Å². The normalized spacial score (nSPS) is 15.5. The standard InChI is InChI=1S/C15H19N3O2S/c1-20-9-11-10-21-15(16-11)17-14(19)13-7-4-8-18(13)12-5-2-3-6-12/h4,7-8,10,12H,2-3,5-6,9H2,1H3,(H,16,17,19). The van der Waals surface area contributed by atoms with Crippen molar-refractivity contribution in [3.05, 3.63) is 35.1 Å². The minimum atomic E-state index is -0.0924. The molecule has 0 aromatic carbocycles. The third kappa shape index (κ3) is 3.16. The summed E-state index contributed by atoms with van der Waals surface area (Å²) >= 11 is 1.42. The van der Waals surface area contributed by atoms with Crippen LogP contribution in [-0.4, -0.2) is 22.6 Å². The zero-order valence-electron chi connectivity index (χ0n) is 12.0. The van der Waals surface area contributed by atoms with Crippen molar-refractivity contribution in [2.24, 2.45) is 0 Å². The molecule has 0 atom stereocenters. The number of rotatable bonds is 5. The summed E-state index contributed by atoms with van der Waals surface area (Å²) in [7, 11) is 1.63. The van der Waals surface area contributed by atoms with E-state index in [1.165, 1.54) is 24.2 Å². The van der Waals surface area contributed by atoms with E-state index in [1.807, 2.05) is 23.7 Å². The Labute approximate surface area is 128 Å². The van der Waals surface area contributed by atoms with Crippen molar-refractivity contribution in [3.8, 4) is 0 Å². The Bertz CT molecular complexity index is 614. The van der Waals surface area contributed by atoms with E-state index in [-0.39, 0.29) is 5.91 Å². The molecule has 0 spiro atoms. The lowest BCUT2D eigenvalue weighted by Crippen LogP contribution is -2.18. The first-order valence-corrected chi connectivity index (χ1v) is 8.07. The van der Waals surface area contributed by atoms with Crippen molar-refractivity contribution in [1.29, 1.82) is 0 Å². The first-order valence-electron chi connectivity index (χ1n) is 7.19. The average Bonchev–Trinajstić information content (AvgIpc) is 3.20. The number of nitrogens with one attached hydrogen (secondary N) is 1. The van der Waals surface area contributed by atoms with Gasteiger partial charge < -0.3 is 9.30 Å². The van der Waals surface area contributed by atoms with Gasteiger partial charge in [-0.05, 0) is 25.0 Å². The predicted octanol–water partition coefficient (Wildman–Crippen LogP) is 3.46. The van der Waals surface area contributed by atoms with E-state index in [9.17, 15) is 4.79 Å². The molecule has 2 aromatic heterocycles. The summed E-state index contributed by atoms with van der Waals surface area (Å²) in [5.74, 6) is -0.0924. The molecule has 0 bridgehead atoms. The van der Waals surface area contributed by atoms with E-state index in [0.29, 0.717) is 23.5 Å². The summed E-state index contributed by atoms with van der Waals surface area (Å²) in [6, 6.07) is 4.27. The van der Waals surface area contributed by atoms with Crippen LogP contribution in [0.25, 0.3) is 0 Å². The molecule has 2 aromatic rings. The topological polar surface area (TPSA) is 56.1 Å². The van der Waals surface area contributed by atoms with Gasteiger partial charge in [0.25, 0.3) is 5.91 Å². The van der Waals surface area contributed by atoms with Gasteiger partial charge in [0.15, 0.2) is 5.13 Å². The van der Waals surface area contributed by atoms with Crippen LogP contribution in [0.15, 0.2) is 23.7 Å². The van der Waals surface area contributed by atoms with Gasteiger partial charge in [0.05, 0.1) is 12.3 Å². The van der Waals surface area contributed by atoms with Gasteiger partial charge in [-0.2, -0.15) is 0 Å². The maximum Gasteiger partial charge on any atom is 0.274 e. The van der Waals surface area contributed by atoms with Crippen LogP contribution in [0.2, 0.25) is 0 Å². The molecule has 112 valence electrons. The molecule has 1 N–H and O–H groups in total. The van der Waals surface area contributed by atoms with Crippen molar-refractivity contribution < 1.29 is 9.53 Å². The quantitative estimate of drug-likeness (QED) is 0.920. The summed E-state index contributed by atoms with van der Waals surface area (Å²) in [6.07, 6.45) is 6.81. The van der Waals surface area contributed by atoms with Gasteiger partial charge in [-0.15, -0.1) is 11.3 Å². The number of amides is 1. The first-order chi connectivity index (χ1) is 10.3. The van der Waals surface area contributed by atoms with Crippen LogP contribution in [0.3, 0.4) is 0 Å². The Morgan fingerprint density at radius 2 is 2.33 bits per heavy atom. The molecule has 1 aliphatic rings. The fraction of sp³-hybridized carbons (Fsp3) is 0.467. The molecule has 0 saturated heterocycles. The van der Waals surface area contributed by atoms with Crippen LogP contribution in [0.5, 0.6) is 0 Å². The fourth-order valence-electron chi connectivity index (χ4n) is 2.83. The Morgan fingerprint density at radius 1 is 1.52 bits per heavy atom. The molecule has 6 heteroatoms. The fourth-order valence-corrected chi connectivity index (χ4v) is 3.52. The third-order valence-corrected chi connectivity index (χ3v) is 4.60. The molecule has 3 rings (SSSR count).